The van der Waals surface area contributed by atoms with Crippen LogP contribution >= 0.6 is 11.3 Å². The molecule has 2 N–H and O–H groups in total. The van der Waals surface area contributed by atoms with Crippen LogP contribution < -0.4 is 10.6 Å². The van der Waals surface area contributed by atoms with Crippen LogP contribution in [0.3, 0.4) is 0 Å². The number of aromatic nitrogens is 2. The summed E-state index contributed by atoms with van der Waals surface area (Å²) in [4.78, 5) is 12.2. The van der Waals surface area contributed by atoms with E-state index >= 15 is 0 Å². The van der Waals surface area contributed by atoms with Crippen LogP contribution in [-0.4, -0.2) is 29.4 Å². The quantitative estimate of drug-likeness (QED) is 0.690. The number of anilines is 1. The number of carbonyl (C=O) groups is 1. The summed E-state index contributed by atoms with van der Waals surface area (Å²) in [6.45, 7) is 0.767. The van der Waals surface area contributed by atoms with E-state index in [4.69, 9.17) is 4.74 Å². The van der Waals surface area contributed by atoms with Crippen LogP contribution in [0.25, 0.3) is 0 Å². The van der Waals surface area contributed by atoms with Crippen molar-refractivity contribution < 1.29 is 27.1 Å². The molecule has 1 unspecified atom stereocenters. The van der Waals surface area contributed by atoms with Gasteiger partial charge < -0.3 is 10.1 Å². The first-order chi connectivity index (χ1) is 13.7. The van der Waals surface area contributed by atoms with Gasteiger partial charge in [-0.1, -0.05) is 11.3 Å². The number of hydrogen-bond acceptors (Lipinski definition) is 5. The number of carbonyl (C=O) groups excluding carboxylic acids is 1. The predicted molar refractivity (Wildman–Crippen MR) is 97.2 cm³/mol. The highest BCUT2D eigenvalue weighted by Gasteiger charge is 2.46. The Kier molecular flexibility index (Phi) is 5.19. The number of halogens is 4. The van der Waals surface area contributed by atoms with Crippen molar-refractivity contribution in [2.45, 2.75) is 43.4 Å². The molecule has 1 aromatic carbocycles. The zero-order valence-corrected chi connectivity index (χ0v) is 16.0. The predicted octanol–water partition coefficient (Wildman–Crippen LogP) is 4.40. The molecule has 1 atom stereocenters. The summed E-state index contributed by atoms with van der Waals surface area (Å²) in [7, 11) is 0. The maximum absolute atomic E-state index is 13.7. The van der Waals surface area contributed by atoms with Gasteiger partial charge in [0.05, 0.1) is 5.56 Å². The van der Waals surface area contributed by atoms with Crippen molar-refractivity contribution in [1.29, 1.82) is 0 Å². The first kappa shape index (κ1) is 20.0. The van der Waals surface area contributed by atoms with E-state index in [9.17, 15) is 22.4 Å². The van der Waals surface area contributed by atoms with E-state index in [-0.39, 0.29) is 18.2 Å². The van der Waals surface area contributed by atoms with E-state index < -0.39 is 29.0 Å². The Morgan fingerprint density at radius 3 is 2.72 bits per heavy atom. The molecule has 1 saturated heterocycles. The summed E-state index contributed by atoms with van der Waals surface area (Å²) < 4.78 is 58.1. The summed E-state index contributed by atoms with van der Waals surface area (Å²) in [6.07, 6.45) is -1.79. The van der Waals surface area contributed by atoms with E-state index in [2.05, 4.69) is 20.8 Å². The number of rotatable bonds is 5. The van der Waals surface area contributed by atoms with Crippen LogP contribution in [0.2, 0.25) is 0 Å². The second-order valence-corrected chi connectivity index (χ2v) is 8.27. The van der Waals surface area contributed by atoms with Crippen molar-refractivity contribution in [2.24, 2.45) is 0 Å². The Bertz CT molecular complexity index is 908. The molecule has 0 spiro atoms. The molecule has 2 aliphatic rings. The smallest absolute Gasteiger partial charge is 0.371 e. The van der Waals surface area contributed by atoms with Crippen LogP contribution in [0.5, 0.6) is 0 Å². The van der Waals surface area contributed by atoms with Crippen molar-refractivity contribution >= 4 is 22.5 Å². The Morgan fingerprint density at radius 2 is 2.07 bits per heavy atom. The largest absolute Gasteiger partial charge is 0.416 e. The molecule has 156 valence electrons. The molecule has 1 saturated carbocycles. The van der Waals surface area contributed by atoms with Crippen molar-refractivity contribution in [2.75, 3.05) is 18.5 Å². The molecule has 2 amide bonds. The van der Waals surface area contributed by atoms with Crippen molar-refractivity contribution in [1.82, 2.24) is 15.5 Å². The van der Waals surface area contributed by atoms with Gasteiger partial charge in [-0.05, 0) is 49.4 Å². The van der Waals surface area contributed by atoms with Crippen molar-refractivity contribution in [3.63, 3.8) is 0 Å². The zero-order valence-electron chi connectivity index (χ0n) is 15.2. The molecular formula is C18H18F4N4O2S. The third kappa shape index (κ3) is 4.50. The summed E-state index contributed by atoms with van der Waals surface area (Å²) in [5.74, 6) is -0.943. The number of benzene rings is 1. The highest BCUT2D eigenvalue weighted by atomic mass is 32.1. The summed E-state index contributed by atoms with van der Waals surface area (Å²) in [5.41, 5.74) is -1.48. The molecule has 4 rings (SSSR count). The second kappa shape index (κ2) is 7.52. The molecule has 2 heterocycles. The molecule has 29 heavy (non-hydrogen) atoms. The van der Waals surface area contributed by atoms with Crippen LogP contribution in [0.15, 0.2) is 18.2 Å². The summed E-state index contributed by atoms with van der Waals surface area (Å²) >= 11 is 1.22. The fourth-order valence-corrected chi connectivity index (χ4v) is 4.18. The maximum atomic E-state index is 13.7. The van der Waals surface area contributed by atoms with Crippen molar-refractivity contribution in [3.8, 4) is 0 Å². The van der Waals surface area contributed by atoms with Crippen LogP contribution in [0.4, 0.5) is 27.5 Å². The Hall–Kier alpha value is -2.27. The molecule has 1 aromatic heterocycles. The first-order valence-electron chi connectivity index (χ1n) is 9.13. The number of urea groups is 1. The fraction of sp³-hybridized carbons (Fsp3) is 0.500. The van der Waals surface area contributed by atoms with Gasteiger partial charge in [0.15, 0.2) is 0 Å². The SMILES string of the molecule is O=C(NCC1(c2cc(F)cc(C(F)(F)F)c2)CC1)Nc1nnc(C2CCCO2)s1. The molecule has 1 aliphatic heterocycles. The Morgan fingerprint density at radius 1 is 1.28 bits per heavy atom. The van der Waals surface area contributed by atoms with E-state index in [1.165, 1.54) is 11.3 Å². The molecule has 6 nitrogen and oxygen atoms in total. The molecule has 11 heteroatoms. The minimum Gasteiger partial charge on any atom is -0.371 e. The monoisotopic (exact) mass is 430 g/mol. The number of alkyl halides is 3. The lowest BCUT2D eigenvalue weighted by Crippen LogP contribution is -2.35. The van der Waals surface area contributed by atoms with Crippen LogP contribution in [0, 0.1) is 5.82 Å². The lowest BCUT2D eigenvalue weighted by Gasteiger charge is -2.18. The Labute approximate surface area is 167 Å². The molecular weight excluding hydrogens is 412 g/mol. The number of nitrogens with one attached hydrogen (secondary N) is 2. The van der Waals surface area contributed by atoms with Gasteiger partial charge in [0.1, 0.15) is 16.9 Å². The van der Waals surface area contributed by atoms with Crippen LogP contribution in [0.1, 0.15) is 47.9 Å². The number of hydrogen-bond donors (Lipinski definition) is 2. The second-order valence-electron chi connectivity index (χ2n) is 7.26. The lowest BCUT2D eigenvalue weighted by atomic mass is 9.94. The van der Waals surface area contributed by atoms with Gasteiger partial charge in [0.2, 0.25) is 5.13 Å². The zero-order chi connectivity index (χ0) is 20.6. The minimum atomic E-state index is -4.63. The molecule has 1 aliphatic carbocycles. The van der Waals surface area contributed by atoms with Gasteiger partial charge in [0.25, 0.3) is 0 Å². The number of amides is 2. The molecule has 2 aromatic rings. The van der Waals surface area contributed by atoms with Gasteiger partial charge in [-0.25, -0.2) is 9.18 Å². The van der Waals surface area contributed by atoms with Gasteiger partial charge in [-0.2, -0.15) is 13.2 Å². The lowest BCUT2D eigenvalue weighted by molar-refractivity contribution is -0.137. The van der Waals surface area contributed by atoms with E-state index in [0.717, 1.165) is 25.0 Å². The Balaban J connectivity index is 1.37. The first-order valence-corrected chi connectivity index (χ1v) is 9.95. The standard InChI is InChI=1S/C18H18F4N4O2S/c19-12-7-10(6-11(8-12)18(20,21)22)17(3-4-17)9-23-15(27)24-16-26-25-14(29-16)13-2-1-5-28-13/h6-8,13H,1-5,9H2,(H2,23,24,26,27). The van der Waals surface area contributed by atoms with Gasteiger partial charge >= 0.3 is 12.2 Å². The molecule has 0 bridgehead atoms. The van der Waals surface area contributed by atoms with Crippen molar-refractivity contribution in [3.05, 3.63) is 40.2 Å². The highest BCUT2D eigenvalue weighted by molar-refractivity contribution is 7.15. The maximum Gasteiger partial charge on any atom is 0.416 e. The average molecular weight is 430 g/mol. The third-order valence-electron chi connectivity index (χ3n) is 5.14. The van der Waals surface area contributed by atoms with Gasteiger partial charge in [0, 0.05) is 18.6 Å². The number of nitrogens with zero attached hydrogens (tertiary/aromatic N) is 2. The van der Waals surface area contributed by atoms with Gasteiger partial charge in [-0.15, -0.1) is 10.2 Å². The van der Waals surface area contributed by atoms with E-state index in [1.807, 2.05) is 0 Å². The minimum absolute atomic E-state index is 0.0942. The van der Waals surface area contributed by atoms with Crippen LogP contribution in [-0.2, 0) is 16.3 Å². The summed E-state index contributed by atoms with van der Waals surface area (Å²) in [6, 6.07) is 1.98. The topological polar surface area (TPSA) is 76.1 Å². The highest BCUT2D eigenvalue weighted by Crippen LogP contribution is 2.49. The molecule has 0 radical (unpaired) electrons. The average Bonchev–Trinajstić information content (AvgIpc) is 3.04. The summed E-state index contributed by atoms with van der Waals surface area (Å²) in [5, 5.41) is 14.1. The van der Waals surface area contributed by atoms with E-state index in [0.29, 0.717) is 35.7 Å². The fourth-order valence-electron chi connectivity index (χ4n) is 3.36. The third-order valence-corrected chi connectivity index (χ3v) is 6.08. The number of ether oxygens (including phenoxy) is 1. The van der Waals surface area contributed by atoms with E-state index in [1.54, 1.807) is 0 Å². The normalized spacial score (nSPS) is 20.5. The molecule has 2 fully saturated rings. The van der Waals surface area contributed by atoms with Gasteiger partial charge in [-0.3, -0.25) is 5.32 Å².